The summed E-state index contributed by atoms with van der Waals surface area (Å²) in [7, 11) is 0. The molecule has 0 atom stereocenters. The molecule has 0 aliphatic carbocycles. The van der Waals surface area contributed by atoms with Crippen molar-refractivity contribution in [2.45, 2.75) is 53.4 Å². The van der Waals surface area contributed by atoms with Crippen molar-refractivity contribution in [3.8, 4) is 0 Å². The van der Waals surface area contributed by atoms with Gasteiger partial charge in [-0.3, -0.25) is 14.4 Å². The Morgan fingerprint density at radius 3 is 2.46 bits per heavy atom. The largest absolute Gasteiger partial charge is 0.358 e. The third-order valence-electron chi connectivity index (χ3n) is 7.54. The molecule has 37 heavy (non-hydrogen) atoms. The summed E-state index contributed by atoms with van der Waals surface area (Å²) in [6.45, 7) is 12.8. The summed E-state index contributed by atoms with van der Waals surface area (Å²) in [6.07, 6.45) is 6.15. The quantitative estimate of drug-likeness (QED) is 0.468. The second kappa shape index (κ2) is 11.8. The number of H-pyrrole nitrogens is 1. The van der Waals surface area contributed by atoms with Crippen molar-refractivity contribution in [1.29, 1.82) is 0 Å². The summed E-state index contributed by atoms with van der Waals surface area (Å²) >= 11 is 0. The van der Waals surface area contributed by atoms with Crippen molar-refractivity contribution in [3.63, 3.8) is 0 Å². The third-order valence-corrected chi connectivity index (χ3v) is 7.54. The second-order valence-corrected chi connectivity index (χ2v) is 9.93. The number of nitrogens with zero attached hydrogens (tertiary/aromatic N) is 2. The van der Waals surface area contributed by atoms with E-state index in [0.717, 1.165) is 69.7 Å². The lowest BCUT2D eigenvalue weighted by Crippen LogP contribution is -2.35. The molecule has 1 aromatic heterocycles. The minimum Gasteiger partial charge on any atom is -0.358 e. The zero-order valence-corrected chi connectivity index (χ0v) is 22.5. The second-order valence-electron chi connectivity index (χ2n) is 9.93. The Balaban J connectivity index is 1.57. The van der Waals surface area contributed by atoms with Crippen molar-refractivity contribution in [3.05, 3.63) is 51.8 Å². The number of amides is 3. The molecular weight excluding hydrogens is 466 g/mol. The molecule has 0 spiro atoms. The summed E-state index contributed by atoms with van der Waals surface area (Å²) in [5, 5.41) is 5.93. The average molecular weight is 506 g/mol. The molecule has 0 radical (unpaired) electrons. The molecule has 2 aliphatic rings. The number of benzene rings is 1. The Hall–Kier alpha value is -3.39. The predicted octanol–water partition coefficient (Wildman–Crippen LogP) is 4.21. The minimum atomic E-state index is -0.216. The number of anilines is 1. The van der Waals surface area contributed by atoms with Crippen molar-refractivity contribution in [1.82, 2.24) is 20.1 Å². The van der Waals surface area contributed by atoms with Crippen LogP contribution >= 0.6 is 0 Å². The van der Waals surface area contributed by atoms with E-state index in [1.54, 1.807) is 18.2 Å². The maximum atomic E-state index is 13.2. The number of nitrogens with one attached hydrogen (secondary N) is 3. The molecule has 0 saturated carbocycles. The van der Waals surface area contributed by atoms with E-state index >= 15 is 0 Å². The topological polar surface area (TPSA) is 97.5 Å². The van der Waals surface area contributed by atoms with Crippen molar-refractivity contribution in [2.24, 2.45) is 0 Å². The zero-order valence-electron chi connectivity index (χ0n) is 22.5. The first-order valence-electron chi connectivity index (χ1n) is 13.5. The highest BCUT2D eigenvalue weighted by molar-refractivity contribution is 6.35. The smallest absolute Gasteiger partial charge is 0.256 e. The Morgan fingerprint density at radius 1 is 1.08 bits per heavy atom. The number of fused-ring (bicyclic) bond motifs is 1. The first kappa shape index (κ1) is 26.7. The molecule has 0 unspecified atom stereocenters. The van der Waals surface area contributed by atoms with Gasteiger partial charge in [-0.1, -0.05) is 26.7 Å². The van der Waals surface area contributed by atoms with Crippen molar-refractivity contribution in [2.75, 3.05) is 44.6 Å². The molecule has 4 rings (SSSR count). The number of carbonyl (C=O) groups is 3. The first-order chi connectivity index (χ1) is 17.8. The number of hydrogen-bond donors (Lipinski definition) is 3. The molecule has 198 valence electrons. The van der Waals surface area contributed by atoms with E-state index in [1.807, 2.05) is 24.8 Å². The van der Waals surface area contributed by atoms with E-state index in [0.29, 0.717) is 40.2 Å². The van der Waals surface area contributed by atoms with E-state index in [9.17, 15) is 14.4 Å². The van der Waals surface area contributed by atoms with E-state index in [1.165, 1.54) is 0 Å². The van der Waals surface area contributed by atoms with Gasteiger partial charge in [0.05, 0.1) is 11.1 Å². The van der Waals surface area contributed by atoms with E-state index in [2.05, 4.69) is 34.4 Å². The van der Waals surface area contributed by atoms with Gasteiger partial charge in [0.2, 0.25) is 0 Å². The Bertz CT molecular complexity index is 1200. The normalized spacial score (nSPS) is 16.6. The molecule has 8 nitrogen and oxygen atoms in total. The Labute approximate surface area is 219 Å². The van der Waals surface area contributed by atoms with Gasteiger partial charge in [0, 0.05) is 54.4 Å². The Kier molecular flexibility index (Phi) is 8.48. The van der Waals surface area contributed by atoms with Crippen LogP contribution in [-0.4, -0.2) is 71.8 Å². The minimum absolute atomic E-state index is 0.0129. The van der Waals surface area contributed by atoms with Crippen LogP contribution in [0.5, 0.6) is 0 Å². The van der Waals surface area contributed by atoms with Crippen LogP contribution in [0, 0.1) is 13.8 Å². The van der Waals surface area contributed by atoms with Crippen LogP contribution < -0.4 is 10.6 Å². The van der Waals surface area contributed by atoms with Gasteiger partial charge in [0.1, 0.15) is 0 Å². The molecule has 0 bridgehead atoms. The number of aromatic amines is 1. The van der Waals surface area contributed by atoms with Gasteiger partial charge in [-0.25, -0.2) is 0 Å². The maximum Gasteiger partial charge on any atom is 0.256 e. The molecule has 3 N–H and O–H groups in total. The highest BCUT2D eigenvalue weighted by Gasteiger charge is 2.28. The lowest BCUT2D eigenvalue weighted by molar-refractivity contribution is -0.110. The number of rotatable bonds is 8. The Morgan fingerprint density at radius 2 is 1.78 bits per heavy atom. The van der Waals surface area contributed by atoms with Gasteiger partial charge in [0.25, 0.3) is 17.7 Å². The predicted molar refractivity (Wildman–Crippen MR) is 148 cm³/mol. The van der Waals surface area contributed by atoms with Crippen LogP contribution in [0.25, 0.3) is 11.6 Å². The van der Waals surface area contributed by atoms with Gasteiger partial charge >= 0.3 is 0 Å². The third kappa shape index (κ3) is 5.80. The lowest BCUT2D eigenvalue weighted by Gasteiger charge is -2.20. The number of hydrogen-bond acceptors (Lipinski definition) is 4. The summed E-state index contributed by atoms with van der Waals surface area (Å²) in [5.74, 6) is -0.324. The number of likely N-dealkylation sites (N-methyl/N-ethyl adjacent to an activating group) is 1. The van der Waals surface area contributed by atoms with E-state index in [4.69, 9.17) is 0 Å². The summed E-state index contributed by atoms with van der Waals surface area (Å²) in [6, 6.07) is 5.42. The number of likely N-dealkylation sites (tertiary alicyclic amines) is 1. The fraction of sp³-hybridized carbons (Fsp3) is 0.483. The van der Waals surface area contributed by atoms with Crippen LogP contribution in [0.1, 0.15) is 82.8 Å². The van der Waals surface area contributed by atoms with Gasteiger partial charge in [0.15, 0.2) is 0 Å². The fourth-order valence-corrected chi connectivity index (χ4v) is 5.28. The van der Waals surface area contributed by atoms with E-state index < -0.39 is 0 Å². The highest BCUT2D eigenvalue weighted by Crippen LogP contribution is 2.35. The molecule has 1 aromatic carbocycles. The lowest BCUT2D eigenvalue weighted by atomic mass is 10.0. The van der Waals surface area contributed by atoms with Gasteiger partial charge in [-0.2, -0.15) is 0 Å². The van der Waals surface area contributed by atoms with Crippen LogP contribution in [0.2, 0.25) is 0 Å². The molecule has 3 amide bonds. The van der Waals surface area contributed by atoms with Gasteiger partial charge < -0.3 is 25.4 Å². The first-order valence-corrected chi connectivity index (χ1v) is 13.5. The maximum absolute atomic E-state index is 13.2. The monoisotopic (exact) mass is 505 g/mol. The summed E-state index contributed by atoms with van der Waals surface area (Å²) in [4.78, 5) is 46.5. The van der Waals surface area contributed by atoms with Gasteiger partial charge in [-0.15, -0.1) is 0 Å². The molecular formula is C29H39N5O3. The summed E-state index contributed by atoms with van der Waals surface area (Å²) in [5.41, 5.74) is 5.36. The molecule has 2 aliphatic heterocycles. The van der Waals surface area contributed by atoms with Crippen molar-refractivity contribution >= 4 is 35.1 Å². The van der Waals surface area contributed by atoms with Crippen LogP contribution in [-0.2, 0) is 4.79 Å². The van der Waals surface area contributed by atoms with Crippen LogP contribution in [0.3, 0.4) is 0 Å². The molecule has 3 heterocycles. The van der Waals surface area contributed by atoms with Crippen LogP contribution in [0.4, 0.5) is 5.69 Å². The average Bonchev–Trinajstić information content (AvgIpc) is 3.19. The molecule has 1 fully saturated rings. The molecule has 8 heteroatoms. The van der Waals surface area contributed by atoms with Crippen molar-refractivity contribution < 1.29 is 14.4 Å². The van der Waals surface area contributed by atoms with Gasteiger partial charge in [-0.05, 0) is 69.6 Å². The zero-order chi connectivity index (χ0) is 26.5. The van der Waals surface area contributed by atoms with E-state index in [-0.39, 0.29) is 17.7 Å². The van der Waals surface area contributed by atoms with Crippen LogP contribution in [0.15, 0.2) is 18.2 Å². The highest BCUT2D eigenvalue weighted by atomic mass is 16.2. The standard InChI is InChI=1S/C29H39N5O3/c1-5-33(6-2)16-13-30-28(36)26-19(3)25(31-20(26)4)18-23-22-17-21(11-12-24(22)32-27(23)35)29(37)34-14-9-7-8-10-15-34/h11-12,17-18,31H,5-10,13-16H2,1-4H3,(H,30,36)(H,32,35)/b23-18-. The summed E-state index contributed by atoms with van der Waals surface area (Å²) < 4.78 is 0. The fourth-order valence-electron chi connectivity index (χ4n) is 5.28. The number of carbonyl (C=O) groups excluding carboxylic acids is 3. The SMILES string of the molecule is CCN(CC)CCNC(=O)c1c(C)[nH]c(/C=C2\C(=O)Nc3ccc(C(=O)N4CCCCCC4)cc32)c1C. The number of aromatic nitrogens is 1. The molecule has 1 saturated heterocycles. The molecule has 2 aromatic rings. The number of aryl methyl sites for hydroxylation is 1.